The van der Waals surface area contributed by atoms with Crippen LogP contribution in [-0.4, -0.2) is 54.3 Å². The second-order valence-corrected chi connectivity index (χ2v) is 8.94. The van der Waals surface area contributed by atoms with Gasteiger partial charge in [0.2, 0.25) is 0 Å². The summed E-state index contributed by atoms with van der Waals surface area (Å²) in [6, 6.07) is 28.8. The average Bonchev–Trinajstić information content (AvgIpc) is 2.94. The van der Waals surface area contributed by atoms with Crippen LogP contribution in [0.1, 0.15) is 16.7 Å². The predicted molar refractivity (Wildman–Crippen MR) is 138 cm³/mol. The van der Waals surface area contributed by atoms with Crippen molar-refractivity contribution < 1.29 is 33.6 Å². The van der Waals surface area contributed by atoms with Crippen molar-refractivity contribution in [2.75, 3.05) is 12.5 Å². The lowest BCUT2D eigenvalue weighted by atomic mass is 9.98. The Kier molecular flexibility index (Phi) is 10.5. The molecule has 8 heteroatoms. The van der Waals surface area contributed by atoms with Gasteiger partial charge in [-0.15, -0.1) is 11.6 Å². The number of carbonyl (C=O) groups excluding carboxylic acids is 1. The van der Waals surface area contributed by atoms with Gasteiger partial charge in [0.05, 0.1) is 26.4 Å². The van der Waals surface area contributed by atoms with Crippen molar-refractivity contribution in [3.05, 3.63) is 108 Å². The van der Waals surface area contributed by atoms with Gasteiger partial charge >= 0.3 is 5.97 Å². The fraction of sp³-hybridized carbons (Fsp3) is 0.345. The van der Waals surface area contributed by atoms with Gasteiger partial charge in [-0.3, -0.25) is 4.79 Å². The van der Waals surface area contributed by atoms with Crippen LogP contribution in [0.25, 0.3) is 0 Å². The number of hydrogen-bond acceptors (Lipinski definition) is 7. The van der Waals surface area contributed by atoms with Crippen LogP contribution in [0.3, 0.4) is 0 Å². The number of esters is 1. The Morgan fingerprint density at radius 3 is 1.73 bits per heavy atom. The number of alkyl halides is 1. The van der Waals surface area contributed by atoms with Gasteiger partial charge in [0.15, 0.2) is 12.4 Å². The van der Waals surface area contributed by atoms with E-state index in [2.05, 4.69) is 0 Å². The van der Waals surface area contributed by atoms with Crippen molar-refractivity contribution in [1.82, 2.24) is 0 Å². The Hall–Kier alpha value is -2.78. The van der Waals surface area contributed by atoms with E-state index in [0.717, 1.165) is 16.7 Å². The summed E-state index contributed by atoms with van der Waals surface area (Å²) >= 11 is 5.76. The van der Waals surface area contributed by atoms with E-state index in [0.29, 0.717) is 6.61 Å². The third-order valence-corrected chi connectivity index (χ3v) is 6.17. The van der Waals surface area contributed by atoms with Crippen LogP contribution in [-0.2, 0) is 48.3 Å². The molecule has 1 fully saturated rings. The molecule has 0 amide bonds. The molecule has 0 spiro atoms. The van der Waals surface area contributed by atoms with E-state index in [-0.39, 0.29) is 25.7 Å². The molecule has 1 heterocycles. The first-order valence-electron chi connectivity index (χ1n) is 12.2. The molecule has 1 aliphatic heterocycles. The van der Waals surface area contributed by atoms with Crippen LogP contribution in [0, 0.1) is 0 Å². The predicted octanol–water partition coefficient (Wildman–Crippen LogP) is 4.24. The fourth-order valence-electron chi connectivity index (χ4n) is 4.12. The number of hydrogen-bond donors (Lipinski definition) is 1. The van der Waals surface area contributed by atoms with E-state index >= 15 is 0 Å². The van der Waals surface area contributed by atoms with Crippen LogP contribution in [0.5, 0.6) is 0 Å². The Balaban J connectivity index is 1.52. The maximum atomic E-state index is 12.3. The van der Waals surface area contributed by atoms with Crippen LogP contribution in [0.2, 0.25) is 0 Å². The summed E-state index contributed by atoms with van der Waals surface area (Å²) in [6.45, 7) is 0.817. The van der Waals surface area contributed by atoms with Gasteiger partial charge in [-0.05, 0) is 16.7 Å². The SMILES string of the molecule is O=C(CCl)OC1C(COCc2ccccc2)OC(O)C(OCc2ccccc2)C1OCc1ccccc1. The molecule has 5 atom stereocenters. The molecule has 1 aliphatic rings. The molecular formula is C29H31ClO7. The topological polar surface area (TPSA) is 83.5 Å². The quantitative estimate of drug-likeness (QED) is 0.279. The Bertz CT molecular complexity index is 1070. The van der Waals surface area contributed by atoms with Gasteiger partial charge in [-0.25, -0.2) is 0 Å². The number of benzene rings is 3. The molecule has 0 bridgehead atoms. The molecule has 0 saturated carbocycles. The van der Waals surface area contributed by atoms with E-state index < -0.39 is 36.7 Å². The molecule has 3 aromatic rings. The maximum absolute atomic E-state index is 12.3. The van der Waals surface area contributed by atoms with Crippen molar-refractivity contribution in [3.63, 3.8) is 0 Å². The highest BCUT2D eigenvalue weighted by Crippen LogP contribution is 2.29. The highest BCUT2D eigenvalue weighted by Gasteiger charge is 2.49. The minimum absolute atomic E-state index is 0.0583. The van der Waals surface area contributed by atoms with Gasteiger partial charge in [0.1, 0.15) is 24.2 Å². The van der Waals surface area contributed by atoms with Gasteiger partial charge < -0.3 is 28.8 Å². The molecule has 5 unspecified atom stereocenters. The molecule has 196 valence electrons. The van der Waals surface area contributed by atoms with Gasteiger partial charge in [0.25, 0.3) is 0 Å². The monoisotopic (exact) mass is 526 g/mol. The van der Waals surface area contributed by atoms with Crippen LogP contribution >= 0.6 is 11.6 Å². The van der Waals surface area contributed by atoms with E-state index in [1.807, 2.05) is 91.0 Å². The van der Waals surface area contributed by atoms with E-state index in [1.54, 1.807) is 0 Å². The lowest BCUT2D eigenvalue weighted by molar-refractivity contribution is -0.311. The zero-order valence-corrected chi connectivity index (χ0v) is 21.1. The Labute approximate surface area is 221 Å². The van der Waals surface area contributed by atoms with E-state index in [4.69, 9.17) is 35.3 Å². The minimum atomic E-state index is -1.33. The van der Waals surface area contributed by atoms with Crippen molar-refractivity contribution in [3.8, 4) is 0 Å². The molecule has 0 aliphatic carbocycles. The summed E-state index contributed by atoms with van der Waals surface area (Å²) in [4.78, 5) is 12.3. The average molecular weight is 527 g/mol. The minimum Gasteiger partial charge on any atom is -0.456 e. The summed E-state index contributed by atoms with van der Waals surface area (Å²) in [7, 11) is 0. The third kappa shape index (κ3) is 8.10. The molecule has 7 nitrogen and oxygen atoms in total. The van der Waals surface area contributed by atoms with Gasteiger partial charge in [0, 0.05) is 0 Å². The molecular weight excluding hydrogens is 496 g/mol. The van der Waals surface area contributed by atoms with Gasteiger partial charge in [-0.1, -0.05) is 91.0 Å². The highest BCUT2D eigenvalue weighted by atomic mass is 35.5. The van der Waals surface area contributed by atoms with Crippen molar-refractivity contribution in [2.24, 2.45) is 0 Å². The van der Waals surface area contributed by atoms with Crippen LogP contribution in [0.4, 0.5) is 0 Å². The summed E-state index contributed by atoms with van der Waals surface area (Å²) in [6.07, 6.45) is -4.83. The van der Waals surface area contributed by atoms with Crippen LogP contribution < -0.4 is 0 Å². The Morgan fingerprint density at radius 2 is 1.22 bits per heavy atom. The largest absolute Gasteiger partial charge is 0.456 e. The van der Waals surface area contributed by atoms with Crippen molar-refractivity contribution >= 4 is 17.6 Å². The number of aliphatic hydroxyl groups is 1. The molecule has 1 saturated heterocycles. The molecule has 37 heavy (non-hydrogen) atoms. The number of aliphatic hydroxyl groups excluding tert-OH is 1. The Morgan fingerprint density at radius 1 is 0.730 bits per heavy atom. The lowest BCUT2D eigenvalue weighted by Crippen LogP contribution is -2.61. The highest BCUT2D eigenvalue weighted by molar-refractivity contribution is 6.26. The zero-order valence-electron chi connectivity index (χ0n) is 20.4. The first kappa shape index (κ1) is 27.3. The molecule has 3 aromatic carbocycles. The molecule has 0 aromatic heterocycles. The lowest BCUT2D eigenvalue weighted by Gasteiger charge is -2.44. The third-order valence-electron chi connectivity index (χ3n) is 5.95. The summed E-state index contributed by atoms with van der Waals surface area (Å²) < 4.78 is 29.8. The number of rotatable bonds is 12. The van der Waals surface area contributed by atoms with Crippen molar-refractivity contribution in [2.45, 2.75) is 50.5 Å². The van der Waals surface area contributed by atoms with Crippen LogP contribution in [0.15, 0.2) is 91.0 Å². The summed E-state index contributed by atoms with van der Waals surface area (Å²) in [5.74, 6) is -0.966. The molecule has 1 N–H and O–H groups in total. The zero-order chi connectivity index (χ0) is 25.9. The molecule has 4 rings (SSSR count). The molecule has 0 radical (unpaired) electrons. The summed E-state index contributed by atoms with van der Waals surface area (Å²) in [5, 5.41) is 11.0. The maximum Gasteiger partial charge on any atom is 0.321 e. The summed E-state index contributed by atoms with van der Waals surface area (Å²) in [5.41, 5.74) is 2.82. The van der Waals surface area contributed by atoms with Gasteiger partial charge in [-0.2, -0.15) is 0 Å². The smallest absolute Gasteiger partial charge is 0.321 e. The second kappa shape index (κ2) is 14.2. The van der Waals surface area contributed by atoms with E-state index in [9.17, 15) is 9.90 Å². The number of carbonyl (C=O) groups is 1. The second-order valence-electron chi connectivity index (χ2n) is 8.68. The van der Waals surface area contributed by atoms with E-state index in [1.165, 1.54) is 0 Å². The first-order chi connectivity index (χ1) is 18.1. The first-order valence-corrected chi connectivity index (χ1v) is 12.7. The standard InChI is InChI=1S/C29H31ClO7/c30-16-25(31)37-26-24(20-33-17-21-10-4-1-5-11-21)36-29(32)28(35-19-23-14-8-3-9-15-23)27(26)34-18-22-12-6-2-7-13-22/h1-15,24,26-29,32H,16-20H2. The normalized spacial score (nSPS) is 23.5. The number of ether oxygens (including phenoxy) is 5. The number of halogens is 1. The van der Waals surface area contributed by atoms with Crippen molar-refractivity contribution in [1.29, 1.82) is 0 Å². The fourth-order valence-corrected chi connectivity index (χ4v) is 4.19.